The van der Waals surface area contributed by atoms with Gasteiger partial charge in [0, 0.05) is 18.3 Å². The fourth-order valence-corrected chi connectivity index (χ4v) is 3.06. The molecule has 0 saturated carbocycles. The standard InChI is InChI=1S/C22H16F7N3O.C2HF3O2/c23-17-6-2-1-4-14(17)12-31-20(33)32-18(13-7-9-15(10-8-13)21(24,25)26)19-16(22(27,28)29)5-3-11-30-19;3-2(4,5)1(6)7/h1-11,18H,12H2,(H2,31,32,33);(H,6,7)/t18-;/m0./s1. The Bertz CT molecular complexity index is 1310. The van der Waals surface area contributed by atoms with Gasteiger partial charge in [0.05, 0.1) is 22.9 Å². The molecule has 0 unspecified atom stereocenters. The van der Waals surface area contributed by atoms with Crippen LogP contribution >= 0.6 is 0 Å². The molecule has 1 atom stereocenters. The first-order chi connectivity index (χ1) is 18.4. The van der Waals surface area contributed by atoms with Gasteiger partial charge >= 0.3 is 30.5 Å². The van der Waals surface area contributed by atoms with Gasteiger partial charge in [-0.3, -0.25) is 4.98 Å². The number of nitrogens with zero attached hydrogens (tertiary/aromatic N) is 1. The van der Waals surface area contributed by atoms with Gasteiger partial charge in [-0.2, -0.15) is 39.5 Å². The molecular weight excluding hydrogens is 568 g/mol. The first-order valence-electron chi connectivity index (χ1n) is 10.7. The first kappa shape index (κ1) is 31.8. The van der Waals surface area contributed by atoms with Crippen molar-refractivity contribution in [2.45, 2.75) is 31.1 Å². The molecule has 40 heavy (non-hydrogen) atoms. The lowest BCUT2D eigenvalue weighted by Gasteiger charge is -2.23. The molecule has 3 rings (SSSR count). The highest BCUT2D eigenvalue weighted by Crippen LogP contribution is 2.36. The summed E-state index contributed by atoms with van der Waals surface area (Å²) in [6, 6.07) is 8.15. The van der Waals surface area contributed by atoms with E-state index in [0.717, 1.165) is 30.5 Å². The molecule has 3 aromatic rings. The lowest BCUT2D eigenvalue weighted by Crippen LogP contribution is -2.39. The summed E-state index contributed by atoms with van der Waals surface area (Å²) < 4.78 is 125. The molecule has 6 nitrogen and oxygen atoms in total. The maximum absolute atomic E-state index is 13.8. The zero-order chi connectivity index (χ0) is 30.3. The molecule has 1 heterocycles. The molecule has 216 valence electrons. The van der Waals surface area contributed by atoms with Crippen molar-refractivity contribution in [3.8, 4) is 0 Å². The minimum absolute atomic E-state index is 0.0618. The number of halogens is 10. The highest BCUT2D eigenvalue weighted by molar-refractivity contribution is 5.75. The number of rotatable bonds is 5. The number of carboxylic acid groups (broad SMARTS) is 1. The molecule has 0 aliphatic heterocycles. The SMILES string of the molecule is O=C(NCc1ccccc1F)N[C@@H](c1ccc(C(F)(F)F)cc1)c1ncccc1C(F)(F)F.O=C(O)C(F)(F)F. The Kier molecular flexibility index (Phi) is 10.1. The summed E-state index contributed by atoms with van der Waals surface area (Å²) >= 11 is 0. The number of amides is 2. The van der Waals surface area contributed by atoms with Gasteiger partial charge in [-0.1, -0.05) is 30.3 Å². The normalized spacial score (nSPS) is 12.6. The second-order valence-electron chi connectivity index (χ2n) is 7.71. The number of hydrogen-bond donors (Lipinski definition) is 3. The number of carbonyl (C=O) groups excluding carboxylic acids is 1. The summed E-state index contributed by atoms with van der Waals surface area (Å²) in [5, 5.41) is 11.7. The number of hydrogen-bond acceptors (Lipinski definition) is 3. The fourth-order valence-electron chi connectivity index (χ4n) is 3.06. The third-order valence-electron chi connectivity index (χ3n) is 4.90. The van der Waals surface area contributed by atoms with Crippen molar-refractivity contribution in [3.63, 3.8) is 0 Å². The highest BCUT2D eigenvalue weighted by Gasteiger charge is 2.39. The Hall–Kier alpha value is -4.37. The Morgan fingerprint density at radius 1 is 0.825 bits per heavy atom. The van der Waals surface area contributed by atoms with E-state index in [1.165, 1.54) is 24.3 Å². The van der Waals surface area contributed by atoms with Crippen molar-refractivity contribution in [3.05, 3.63) is 101 Å². The van der Waals surface area contributed by atoms with Gasteiger partial charge in [0.25, 0.3) is 0 Å². The van der Waals surface area contributed by atoms with Crippen LogP contribution in [0.5, 0.6) is 0 Å². The lowest BCUT2D eigenvalue weighted by molar-refractivity contribution is -0.192. The van der Waals surface area contributed by atoms with E-state index in [-0.39, 0.29) is 17.7 Å². The Labute approximate surface area is 218 Å². The Morgan fingerprint density at radius 3 is 1.90 bits per heavy atom. The van der Waals surface area contributed by atoms with Gasteiger partial charge < -0.3 is 15.7 Å². The lowest BCUT2D eigenvalue weighted by atomic mass is 9.98. The van der Waals surface area contributed by atoms with Crippen molar-refractivity contribution in [2.75, 3.05) is 0 Å². The van der Waals surface area contributed by atoms with E-state index in [1.807, 2.05) is 0 Å². The number of alkyl halides is 9. The number of carboxylic acids is 1. The van der Waals surface area contributed by atoms with Crippen LogP contribution < -0.4 is 10.6 Å². The molecule has 0 spiro atoms. The van der Waals surface area contributed by atoms with Crippen molar-refractivity contribution in [1.82, 2.24) is 15.6 Å². The topological polar surface area (TPSA) is 91.3 Å². The molecule has 0 bridgehead atoms. The van der Waals surface area contributed by atoms with Crippen LogP contribution in [0.4, 0.5) is 48.7 Å². The van der Waals surface area contributed by atoms with Crippen molar-refractivity contribution in [1.29, 1.82) is 0 Å². The zero-order valence-corrected chi connectivity index (χ0v) is 19.6. The van der Waals surface area contributed by atoms with Crippen LogP contribution in [0.2, 0.25) is 0 Å². The van der Waals surface area contributed by atoms with Gasteiger partial charge in [0.1, 0.15) is 5.82 Å². The highest BCUT2D eigenvalue weighted by atomic mass is 19.4. The van der Waals surface area contributed by atoms with Gasteiger partial charge in [-0.15, -0.1) is 0 Å². The second kappa shape index (κ2) is 12.7. The summed E-state index contributed by atoms with van der Waals surface area (Å²) in [4.78, 5) is 25.1. The predicted octanol–water partition coefficient (Wildman–Crippen LogP) is 6.48. The van der Waals surface area contributed by atoms with Crippen LogP contribution in [0.1, 0.15) is 34.0 Å². The number of aliphatic carboxylic acids is 1. The minimum Gasteiger partial charge on any atom is -0.475 e. The van der Waals surface area contributed by atoms with E-state index in [2.05, 4.69) is 15.6 Å². The zero-order valence-electron chi connectivity index (χ0n) is 19.6. The molecular formula is C24H17F10N3O3. The monoisotopic (exact) mass is 585 g/mol. The molecule has 2 aromatic carbocycles. The number of nitrogens with one attached hydrogen (secondary N) is 2. The van der Waals surface area contributed by atoms with Crippen LogP contribution in [0.3, 0.4) is 0 Å². The number of benzene rings is 2. The van der Waals surface area contributed by atoms with Gasteiger partial charge in [0.2, 0.25) is 0 Å². The molecule has 2 amide bonds. The van der Waals surface area contributed by atoms with Gasteiger partial charge in [-0.25, -0.2) is 14.0 Å². The second-order valence-corrected chi connectivity index (χ2v) is 7.71. The molecule has 0 aliphatic carbocycles. The quantitative estimate of drug-likeness (QED) is 0.299. The van der Waals surface area contributed by atoms with Gasteiger partial charge in [-0.05, 0) is 35.9 Å². The Balaban J connectivity index is 0.000000708. The van der Waals surface area contributed by atoms with E-state index < -0.39 is 59.2 Å². The van der Waals surface area contributed by atoms with E-state index in [4.69, 9.17) is 9.90 Å². The smallest absolute Gasteiger partial charge is 0.475 e. The fraction of sp³-hybridized carbons (Fsp3) is 0.208. The number of carbonyl (C=O) groups is 2. The average Bonchev–Trinajstić information content (AvgIpc) is 2.86. The summed E-state index contributed by atoms with van der Waals surface area (Å²) in [5.74, 6) is -3.35. The maximum Gasteiger partial charge on any atom is 0.490 e. The maximum atomic E-state index is 13.8. The van der Waals surface area contributed by atoms with E-state index in [9.17, 15) is 48.7 Å². The first-order valence-corrected chi connectivity index (χ1v) is 10.7. The molecule has 0 fully saturated rings. The van der Waals surface area contributed by atoms with Crippen LogP contribution in [0, 0.1) is 5.82 Å². The van der Waals surface area contributed by atoms with Crippen molar-refractivity contribution in [2.24, 2.45) is 0 Å². The summed E-state index contributed by atoms with van der Waals surface area (Å²) in [6.45, 7) is -0.271. The number of pyridine rings is 1. The predicted molar refractivity (Wildman–Crippen MR) is 118 cm³/mol. The third-order valence-corrected chi connectivity index (χ3v) is 4.90. The van der Waals surface area contributed by atoms with Gasteiger partial charge in [0.15, 0.2) is 0 Å². The molecule has 3 N–H and O–H groups in total. The third kappa shape index (κ3) is 9.13. The molecule has 0 aliphatic rings. The van der Waals surface area contributed by atoms with E-state index in [0.29, 0.717) is 12.1 Å². The van der Waals surface area contributed by atoms with E-state index in [1.54, 1.807) is 0 Å². The average molecular weight is 585 g/mol. The van der Waals surface area contributed by atoms with Crippen LogP contribution in [0.15, 0.2) is 66.9 Å². The van der Waals surface area contributed by atoms with Crippen molar-refractivity contribution < 1.29 is 58.6 Å². The van der Waals surface area contributed by atoms with Crippen molar-refractivity contribution >= 4 is 12.0 Å². The molecule has 16 heteroatoms. The van der Waals surface area contributed by atoms with Crippen LogP contribution in [-0.2, 0) is 23.7 Å². The summed E-state index contributed by atoms with van der Waals surface area (Å²) in [7, 11) is 0. The summed E-state index contributed by atoms with van der Waals surface area (Å²) in [5.41, 5.74) is -2.71. The molecule has 0 saturated heterocycles. The Morgan fingerprint density at radius 2 is 1.40 bits per heavy atom. The number of urea groups is 1. The van der Waals surface area contributed by atoms with Crippen LogP contribution in [-0.4, -0.2) is 28.3 Å². The molecule has 1 aromatic heterocycles. The minimum atomic E-state index is -5.08. The molecule has 0 radical (unpaired) electrons. The van der Waals surface area contributed by atoms with E-state index >= 15 is 0 Å². The largest absolute Gasteiger partial charge is 0.490 e. The summed E-state index contributed by atoms with van der Waals surface area (Å²) in [6.07, 6.45) is -13.5. The van der Waals surface area contributed by atoms with Crippen LogP contribution in [0.25, 0.3) is 0 Å². The number of aromatic nitrogens is 1.